The van der Waals surface area contributed by atoms with E-state index in [9.17, 15) is 0 Å². The van der Waals surface area contributed by atoms with E-state index < -0.39 is 0 Å². The molecule has 150 valence electrons. The summed E-state index contributed by atoms with van der Waals surface area (Å²) < 4.78 is 0. The topological polar surface area (TPSA) is 24.4 Å². The number of fused-ring (bicyclic) bond motifs is 1. The van der Waals surface area contributed by atoms with Crippen LogP contribution in [0, 0.1) is 6.92 Å². The van der Waals surface area contributed by atoms with Gasteiger partial charge in [0.15, 0.2) is 0 Å². The van der Waals surface area contributed by atoms with Gasteiger partial charge in [0.05, 0.1) is 5.69 Å². The minimum atomic E-state index is 0.921. The van der Waals surface area contributed by atoms with Gasteiger partial charge in [-0.05, 0) is 62.1 Å². The first-order chi connectivity index (χ1) is 13.6. The highest BCUT2D eigenvalue weighted by molar-refractivity contribution is 5.82. The van der Waals surface area contributed by atoms with E-state index in [0.29, 0.717) is 0 Å². The fourth-order valence-electron chi connectivity index (χ4n) is 2.43. The van der Waals surface area contributed by atoms with E-state index >= 15 is 0 Å². The zero-order valence-electron chi connectivity index (χ0n) is 18.4. The molecule has 3 rings (SSSR count). The molecule has 0 spiro atoms. The highest BCUT2D eigenvalue weighted by Gasteiger charge is 1.97. The second-order valence-electron chi connectivity index (χ2n) is 5.96. The predicted octanol–water partition coefficient (Wildman–Crippen LogP) is 7.23. The molecule has 0 amide bonds. The van der Waals surface area contributed by atoms with Crippen LogP contribution in [-0.4, -0.2) is 20.8 Å². The van der Waals surface area contributed by atoms with E-state index in [0.717, 1.165) is 17.7 Å². The molecular weight excluding hydrogens is 340 g/mol. The first kappa shape index (κ1) is 25.3. The molecule has 28 heavy (non-hydrogen) atoms. The van der Waals surface area contributed by atoms with Crippen molar-refractivity contribution in [3.05, 3.63) is 83.9 Å². The number of rotatable bonds is 3. The van der Waals surface area contributed by atoms with Crippen LogP contribution in [0.3, 0.4) is 0 Å². The third-order valence-electron chi connectivity index (χ3n) is 3.80. The van der Waals surface area contributed by atoms with Crippen LogP contribution in [0.2, 0.25) is 0 Å². The molecule has 0 aliphatic heterocycles. The monoisotopic (exact) mass is 376 g/mol. The molecule has 0 saturated heterocycles. The maximum atomic E-state index is 3.93. The summed E-state index contributed by atoms with van der Waals surface area (Å²) in [5, 5.41) is 5.39. The molecule has 0 unspecified atom stereocenters. The normalized spacial score (nSPS) is 8.93. The SMILES string of the molecule is C=Cc1ccc(CC)cc1N=C.CC.CNC.Cc1ccc2ccccc2c1. The lowest BCUT2D eigenvalue weighted by molar-refractivity contribution is 1.02. The van der Waals surface area contributed by atoms with Gasteiger partial charge in [-0.2, -0.15) is 0 Å². The van der Waals surface area contributed by atoms with E-state index in [4.69, 9.17) is 0 Å². The quantitative estimate of drug-likeness (QED) is 0.479. The Morgan fingerprint density at radius 2 is 1.54 bits per heavy atom. The summed E-state index contributed by atoms with van der Waals surface area (Å²) in [6.45, 7) is 15.5. The van der Waals surface area contributed by atoms with Gasteiger partial charge in [0.25, 0.3) is 0 Å². The fraction of sp³-hybridized carbons (Fsp3) is 0.269. The average molecular weight is 377 g/mol. The minimum Gasteiger partial charge on any atom is -0.323 e. The average Bonchev–Trinajstić information content (AvgIpc) is 2.75. The van der Waals surface area contributed by atoms with Crippen LogP contribution in [0.25, 0.3) is 16.8 Å². The van der Waals surface area contributed by atoms with E-state index in [2.05, 4.69) is 86.0 Å². The Morgan fingerprint density at radius 1 is 0.929 bits per heavy atom. The van der Waals surface area contributed by atoms with Crippen molar-refractivity contribution in [1.82, 2.24) is 5.32 Å². The second kappa shape index (κ2) is 15.4. The lowest BCUT2D eigenvalue weighted by atomic mass is 10.1. The van der Waals surface area contributed by atoms with Crippen molar-refractivity contribution in [3.8, 4) is 0 Å². The maximum absolute atomic E-state index is 3.93. The smallest absolute Gasteiger partial charge is 0.0697 e. The van der Waals surface area contributed by atoms with Gasteiger partial charge in [-0.3, -0.25) is 4.99 Å². The number of aliphatic imine (C=N–C) groups is 1. The summed E-state index contributed by atoms with van der Waals surface area (Å²) in [6, 6.07) is 21.1. The molecule has 3 aromatic carbocycles. The van der Waals surface area contributed by atoms with Crippen LogP contribution in [0.15, 0.2) is 72.2 Å². The van der Waals surface area contributed by atoms with Gasteiger partial charge < -0.3 is 5.32 Å². The van der Waals surface area contributed by atoms with Crippen molar-refractivity contribution in [1.29, 1.82) is 0 Å². The second-order valence-corrected chi connectivity index (χ2v) is 5.96. The van der Waals surface area contributed by atoms with Crippen molar-refractivity contribution in [2.75, 3.05) is 14.1 Å². The number of benzene rings is 3. The Hall–Kier alpha value is -2.71. The molecule has 3 aromatic rings. The number of hydrogen-bond donors (Lipinski definition) is 1. The van der Waals surface area contributed by atoms with E-state index in [1.54, 1.807) is 6.08 Å². The Bertz CT molecular complexity index is 835. The zero-order valence-corrected chi connectivity index (χ0v) is 18.4. The van der Waals surface area contributed by atoms with Crippen LogP contribution in [-0.2, 0) is 6.42 Å². The zero-order chi connectivity index (χ0) is 21.4. The van der Waals surface area contributed by atoms with Crippen molar-refractivity contribution >= 4 is 29.3 Å². The van der Waals surface area contributed by atoms with Crippen molar-refractivity contribution in [3.63, 3.8) is 0 Å². The Balaban J connectivity index is 0.000000425. The predicted molar refractivity (Wildman–Crippen MR) is 130 cm³/mol. The molecule has 0 heterocycles. The van der Waals surface area contributed by atoms with E-state index in [1.165, 1.54) is 21.9 Å². The van der Waals surface area contributed by atoms with Crippen LogP contribution in [0.1, 0.15) is 37.5 Å². The molecule has 2 heteroatoms. The first-order valence-corrected chi connectivity index (χ1v) is 9.85. The van der Waals surface area contributed by atoms with E-state index in [-0.39, 0.29) is 0 Å². The molecule has 0 aromatic heterocycles. The molecule has 0 fully saturated rings. The summed E-state index contributed by atoms with van der Waals surface area (Å²) >= 11 is 0. The number of hydrogen-bond acceptors (Lipinski definition) is 2. The van der Waals surface area contributed by atoms with Crippen LogP contribution < -0.4 is 5.32 Å². The molecule has 0 bridgehead atoms. The summed E-state index contributed by atoms with van der Waals surface area (Å²) in [5.41, 5.74) is 4.57. The van der Waals surface area contributed by atoms with Crippen molar-refractivity contribution in [2.24, 2.45) is 4.99 Å². The third kappa shape index (κ3) is 8.79. The van der Waals surface area contributed by atoms with Crippen molar-refractivity contribution < 1.29 is 0 Å². The number of nitrogens with zero attached hydrogens (tertiary/aromatic N) is 1. The van der Waals surface area contributed by atoms with Gasteiger partial charge in [0.2, 0.25) is 0 Å². The highest BCUT2D eigenvalue weighted by Crippen LogP contribution is 2.21. The third-order valence-corrected chi connectivity index (χ3v) is 3.80. The maximum Gasteiger partial charge on any atom is 0.0697 e. The molecule has 2 nitrogen and oxygen atoms in total. The van der Waals surface area contributed by atoms with Gasteiger partial charge in [-0.15, -0.1) is 0 Å². The molecule has 1 N–H and O–H groups in total. The number of nitrogens with one attached hydrogen (secondary N) is 1. The first-order valence-electron chi connectivity index (χ1n) is 9.85. The van der Waals surface area contributed by atoms with Gasteiger partial charge in [-0.25, -0.2) is 0 Å². The lowest BCUT2D eigenvalue weighted by Gasteiger charge is -2.02. The largest absolute Gasteiger partial charge is 0.323 e. The van der Waals surface area contributed by atoms with Crippen molar-refractivity contribution in [2.45, 2.75) is 34.1 Å². The molecule has 0 aliphatic carbocycles. The van der Waals surface area contributed by atoms with Crippen LogP contribution in [0.5, 0.6) is 0 Å². The summed E-state index contributed by atoms with van der Waals surface area (Å²) in [7, 11) is 3.75. The van der Waals surface area contributed by atoms with Gasteiger partial charge in [0, 0.05) is 0 Å². The van der Waals surface area contributed by atoms with Crippen LogP contribution >= 0.6 is 0 Å². The van der Waals surface area contributed by atoms with Gasteiger partial charge in [-0.1, -0.05) is 93.6 Å². The van der Waals surface area contributed by atoms with Gasteiger partial charge >= 0.3 is 0 Å². The fourth-order valence-corrected chi connectivity index (χ4v) is 2.43. The molecule has 0 atom stereocenters. The highest BCUT2D eigenvalue weighted by atomic mass is 14.7. The molecule has 0 radical (unpaired) electrons. The molecule has 0 saturated carbocycles. The Morgan fingerprint density at radius 3 is 2.07 bits per heavy atom. The lowest BCUT2D eigenvalue weighted by Crippen LogP contribution is -1.89. The Kier molecular flexibility index (Phi) is 13.9. The molecule has 0 aliphatic rings. The van der Waals surface area contributed by atoms with E-state index in [1.807, 2.05) is 40.1 Å². The molecular formula is C26H36N2. The summed E-state index contributed by atoms with van der Waals surface area (Å²) in [4.78, 5) is 3.93. The summed E-state index contributed by atoms with van der Waals surface area (Å²) in [6.07, 6.45) is 2.82. The summed E-state index contributed by atoms with van der Waals surface area (Å²) in [5.74, 6) is 0. The standard InChI is InChI=1S/C11H13N.C11H10.C2H7N.C2H6/c1-4-9-6-7-10(5-2)11(8-9)12-3;1-9-6-7-10-4-2-3-5-11(10)8-9;1-3-2;1-2/h5-8H,2-4H2,1H3;2-8H,1H3;3H,1-2H3;1-2H3. The van der Waals surface area contributed by atoms with Crippen LogP contribution in [0.4, 0.5) is 5.69 Å². The Labute approximate surface area is 172 Å². The minimum absolute atomic E-state index is 0.921. The van der Waals surface area contributed by atoms with Gasteiger partial charge in [0.1, 0.15) is 0 Å². The number of aryl methyl sites for hydroxylation is 2.